The van der Waals surface area contributed by atoms with E-state index in [1.54, 1.807) is 12.1 Å². The second-order valence-electron chi connectivity index (χ2n) is 6.22. The van der Waals surface area contributed by atoms with Crippen LogP contribution in [-0.4, -0.2) is 20.8 Å². The number of hydrogen-bond acceptors (Lipinski definition) is 3. The number of urea groups is 1. The van der Waals surface area contributed by atoms with Crippen molar-refractivity contribution in [1.82, 2.24) is 20.1 Å². The molecule has 24 heavy (non-hydrogen) atoms. The molecule has 0 aliphatic carbocycles. The number of nitrogens with one attached hydrogen (secondary N) is 2. The Morgan fingerprint density at radius 1 is 1.29 bits per heavy atom. The molecule has 1 aromatic heterocycles. The minimum absolute atomic E-state index is 0.219. The molecule has 2 N–H and O–H groups in total. The lowest BCUT2D eigenvalue weighted by Gasteiger charge is -2.16. The van der Waals surface area contributed by atoms with Crippen LogP contribution in [0.1, 0.15) is 49.4 Å². The average Bonchev–Trinajstić information content (AvgIpc) is 2.80. The van der Waals surface area contributed by atoms with E-state index in [0.29, 0.717) is 10.7 Å². The number of fused-ring (bicyclic) bond motifs is 1. The Morgan fingerprint density at radius 2 is 2.12 bits per heavy atom. The van der Waals surface area contributed by atoms with Gasteiger partial charge in [-0.3, -0.25) is 0 Å². The number of halogens is 1. The number of rotatable bonds is 3. The number of hydrogen-bond donors (Lipinski definition) is 2. The monoisotopic (exact) mass is 347 g/mol. The molecule has 2 aromatic rings. The Kier molecular flexibility index (Phi) is 5.04. The van der Waals surface area contributed by atoms with E-state index in [4.69, 9.17) is 11.6 Å². The lowest BCUT2D eigenvalue weighted by molar-refractivity contribution is 0.248. The number of carbonyl (C=O) groups is 1. The summed E-state index contributed by atoms with van der Waals surface area (Å²) < 4.78 is 2.14. The molecule has 2 amide bonds. The fraction of sp³-hybridized carbons (Fsp3) is 0.471. The molecule has 1 aromatic carbocycles. The molecule has 1 atom stereocenters. The van der Waals surface area contributed by atoms with Crippen LogP contribution in [0, 0.1) is 6.92 Å². The molecule has 0 saturated heterocycles. The van der Waals surface area contributed by atoms with Crippen molar-refractivity contribution < 1.29 is 4.79 Å². The molecule has 7 heteroatoms. The van der Waals surface area contributed by atoms with Crippen molar-refractivity contribution in [3.05, 3.63) is 40.4 Å². The van der Waals surface area contributed by atoms with Crippen molar-refractivity contribution >= 4 is 23.3 Å². The first-order chi connectivity index (χ1) is 11.5. The van der Waals surface area contributed by atoms with Gasteiger partial charge in [0.1, 0.15) is 5.82 Å². The van der Waals surface area contributed by atoms with Crippen LogP contribution < -0.4 is 10.6 Å². The minimum Gasteiger partial charge on any atom is -0.328 e. The van der Waals surface area contributed by atoms with Crippen LogP contribution in [0.3, 0.4) is 0 Å². The molecule has 0 saturated carbocycles. The minimum atomic E-state index is -0.279. The normalized spacial score (nSPS) is 15.3. The molecule has 0 unspecified atom stereocenters. The van der Waals surface area contributed by atoms with Crippen molar-refractivity contribution in [2.45, 2.75) is 52.1 Å². The van der Waals surface area contributed by atoms with Crippen LogP contribution in [-0.2, 0) is 13.0 Å². The smallest absolute Gasteiger partial charge is 0.319 e. The summed E-state index contributed by atoms with van der Waals surface area (Å²) in [6.07, 6.45) is 4.43. The van der Waals surface area contributed by atoms with E-state index in [-0.39, 0.29) is 12.1 Å². The SMILES string of the molecule is Cc1ccc(Cl)cc1NC(=O)N[C@@H](C)c1nnc2n1CCCCC2. The van der Waals surface area contributed by atoms with E-state index in [1.807, 2.05) is 19.9 Å². The Bertz CT molecular complexity index is 743. The van der Waals surface area contributed by atoms with Crippen LogP contribution in [0.25, 0.3) is 0 Å². The van der Waals surface area contributed by atoms with E-state index < -0.39 is 0 Å². The molecular weight excluding hydrogens is 326 g/mol. The highest BCUT2D eigenvalue weighted by Crippen LogP contribution is 2.21. The van der Waals surface area contributed by atoms with E-state index in [9.17, 15) is 4.79 Å². The summed E-state index contributed by atoms with van der Waals surface area (Å²) in [5, 5.41) is 14.9. The van der Waals surface area contributed by atoms with E-state index in [2.05, 4.69) is 25.4 Å². The second kappa shape index (κ2) is 7.21. The highest BCUT2D eigenvalue weighted by atomic mass is 35.5. The average molecular weight is 348 g/mol. The van der Waals surface area contributed by atoms with Gasteiger partial charge in [-0.1, -0.05) is 24.1 Å². The Labute approximate surface area is 146 Å². The molecule has 3 rings (SSSR count). The van der Waals surface area contributed by atoms with Gasteiger partial charge in [-0.15, -0.1) is 10.2 Å². The predicted molar refractivity (Wildman–Crippen MR) is 94.3 cm³/mol. The third-order valence-corrected chi connectivity index (χ3v) is 4.56. The highest BCUT2D eigenvalue weighted by molar-refractivity contribution is 6.31. The Balaban J connectivity index is 1.68. The number of aryl methyl sites for hydroxylation is 2. The van der Waals surface area contributed by atoms with Gasteiger partial charge >= 0.3 is 6.03 Å². The molecule has 0 radical (unpaired) electrons. The molecule has 0 fully saturated rings. The summed E-state index contributed by atoms with van der Waals surface area (Å²) in [5.41, 5.74) is 1.66. The number of benzene rings is 1. The molecular formula is C17H22ClN5O. The quantitative estimate of drug-likeness (QED) is 0.885. The summed E-state index contributed by atoms with van der Waals surface area (Å²) in [4.78, 5) is 12.3. The van der Waals surface area contributed by atoms with Crippen LogP contribution in [0.2, 0.25) is 5.02 Å². The van der Waals surface area contributed by atoms with Gasteiger partial charge in [0.15, 0.2) is 5.82 Å². The lowest BCUT2D eigenvalue weighted by Crippen LogP contribution is -2.33. The number of carbonyl (C=O) groups excluding carboxylic acids is 1. The van der Waals surface area contributed by atoms with Crippen molar-refractivity contribution in [3.63, 3.8) is 0 Å². The van der Waals surface area contributed by atoms with Crippen LogP contribution in [0.15, 0.2) is 18.2 Å². The van der Waals surface area contributed by atoms with Crippen molar-refractivity contribution in [3.8, 4) is 0 Å². The Morgan fingerprint density at radius 3 is 2.96 bits per heavy atom. The van der Waals surface area contributed by atoms with Crippen molar-refractivity contribution in [1.29, 1.82) is 0 Å². The third kappa shape index (κ3) is 3.70. The van der Waals surface area contributed by atoms with Gasteiger partial charge in [0.2, 0.25) is 0 Å². The first kappa shape index (κ1) is 16.8. The summed E-state index contributed by atoms with van der Waals surface area (Å²) in [5.74, 6) is 1.83. The number of nitrogens with zero attached hydrogens (tertiary/aromatic N) is 3. The zero-order valence-electron chi connectivity index (χ0n) is 14.0. The standard InChI is InChI=1S/C17H22ClN5O/c1-11-7-8-13(18)10-14(11)20-17(24)19-12(2)16-22-21-15-6-4-3-5-9-23(15)16/h7-8,10,12H,3-6,9H2,1-2H3,(H2,19,20,24)/t12-/m0/s1. The summed E-state index contributed by atoms with van der Waals surface area (Å²) in [6.45, 7) is 4.76. The van der Waals surface area contributed by atoms with Crippen LogP contribution in [0.5, 0.6) is 0 Å². The molecule has 2 heterocycles. The van der Waals surface area contributed by atoms with Gasteiger partial charge in [0.25, 0.3) is 0 Å². The fourth-order valence-electron chi connectivity index (χ4n) is 2.98. The fourth-order valence-corrected chi connectivity index (χ4v) is 3.15. The summed E-state index contributed by atoms with van der Waals surface area (Å²) in [6, 6.07) is 4.92. The molecule has 6 nitrogen and oxygen atoms in total. The summed E-state index contributed by atoms with van der Waals surface area (Å²) >= 11 is 5.99. The van der Waals surface area contributed by atoms with Crippen LogP contribution in [0.4, 0.5) is 10.5 Å². The lowest BCUT2D eigenvalue weighted by atomic mass is 10.2. The predicted octanol–water partition coefficient (Wildman–Crippen LogP) is 3.85. The molecule has 0 bridgehead atoms. The highest BCUT2D eigenvalue weighted by Gasteiger charge is 2.20. The molecule has 1 aliphatic heterocycles. The maximum atomic E-state index is 12.3. The molecule has 0 spiro atoms. The Hall–Kier alpha value is -2.08. The largest absolute Gasteiger partial charge is 0.328 e. The topological polar surface area (TPSA) is 71.8 Å². The molecule has 1 aliphatic rings. The number of aromatic nitrogens is 3. The van der Waals surface area contributed by atoms with E-state index >= 15 is 0 Å². The van der Waals surface area contributed by atoms with Gasteiger partial charge in [-0.25, -0.2) is 4.79 Å². The zero-order chi connectivity index (χ0) is 17.1. The van der Waals surface area contributed by atoms with E-state index in [0.717, 1.165) is 43.0 Å². The third-order valence-electron chi connectivity index (χ3n) is 4.32. The van der Waals surface area contributed by atoms with Gasteiger partial charge in [-0.05, 0) is 44.4 Å². The first-order valence-electron chi connectivity index (χ1n) is 8.30. The van der Waals surface area contributed by atoms with Gasteiger partial charge in [0.05, 0.1) is 6.04 Å². The number of anilines is 1. The maximum absolute atomic E-state index is 12.3. The maximum Gasteiger partial charge on any atom is 0.319 e. The molecule has 128 valence electrons. The van der Waals surface area contributed by atoms with Gasteiger partial charge < -0.3 is 15.2 Å². The summed E-state index contributed by atoms with van der Waals surface area (Å²) in [7, 11) is 0. The van der Waals surface area contributed by atoms with Crippen molar-refractivity contribution in [2.24, 2.45) is 0 Å². The van der Waals surface area contributed by atoms with Crippen molar-refractivity contribution in [2.75, 3.05) is 5.32 Å². The van der Waals surface area contributed by atoms with E-state index in [1.165, 1.54) is 6.42 Å². The zero-order valence-corrected chi connectivity index (χ0v) is 14.7. The van der Waals surface area contributed by atoms with Gasteiger partial charge in [0, 0.05) is 23.7 Å². The van der Waals surface area contributed by atoms with Gasteiger partial charge in [-0.2, -0.15) is 0 Å². The first-order valence-corrected chi connectivity index (χ1v) is 8.68. The van der Waals surface area contributed by atoms with Crippen LogP contribution >= 0.6 is 11.6 Å². The second-order valence-corrected chi connectivity index (χ2v) is 6.65. The number of amides is 2.